The van der Waals surface area contributed by atoms with Crippen molar-refractivity contribution in [1.29, 1.82) is 0 Å². The Kier molecular flexibility index (Phi) is 2.95. The highest BCUT2D eigenvalue weighted by Gasteiger charge is 2.05. The first-order valence-electron chi connectivity index (χ1n) is 3.63. The fraction of sp³-hybridized carbons (Fsp3) is 0.429. The van der Waals surface area contributed by atoms with Crippen molar-refractivity contribution in [2.75, 3.05) is 19.4 Å². The summed E-state index contributed by atoms with van der Waals surface area (Å²) in [6, 6.07) is 1.68. The van der Waals surface area contributed by atoms with Gasteiger partial charge in [0.1, 0.15) is 18.4 Å². The molecule has 0 radical (unpaired) electrons. The number of aliphatic hydroxyl groups excluding tert-OH is 1. The molecule has 66 valence electrons. The summed E-state index contributed by atoms with van der Waals surface area (Å²) in [5, 5.41) is 14.8. The van der Waals surface area contributed by atoms with Crippen molar-refractivity contribution in [3.05, 3.63) is 18.1 Å². The molecule has 1 aromatic heterocycles. The van der Waals surface area contributed by atoms with Crippen LogP contribution in [0.1, 0.15) is 11.9 Å². The molecule has 0 spiro atoms. The van der Waals surface area contributed by atoms with Crippen molar-refractivity contribution >= 4 is 5.82 Å². The molecule has 3 N–H and O–H groups in total. The highest BCUT2D eigenvalue weighted by atomic mass is 16.3. The fourth-order valence-electron chi connectivity index (χ4n) is 0.806. The van der Waals surface area contributed by atoms with Gasteiger partial charge in [0.05, 0.1) is 5.69 Å². The van der Waals surface area contributed by atoms with E-state index in [1.165, 1.54) is 6.33 Å². The topological polar surface area (TPSA) is 70.1 Å². The Morgan fingerprint density at radius 1 is 1.42 bits per heavy atom. The summed E-state index contributed by atoms with van der Waals surface area (Å²) >= 11 is 0. The molecule has 1 atom stereocenters. The number of aliphatic hydroxyl groups is 1. The molecule has 0 aromatic carbocycles. The Bertz CT molecular complexity index is 253. The van der Waals surface area contributed by atoms with Crippen molar-refractivity contribution in [3.63, 3.8) is 0 Å². The van der Waals surface area contributed by atoms with E-state index in [2.05, 4.69) is 20.6 Å². The van der Waals surface area contributed by atoms with Crippen LogP contribution in [0, 0.1) is 0 Å². The predicted molar refractivity (Wildman–Crippen MR) is 45.6 cm³/mol. The molecule has 1 aromatic rings. The first-order valence-corrected chi connectivity index (χ1v) is 3.63. The molecule has 0 fully saturated rings. The lowest BCUT2D eigenvalue weighted by Gasteiger charge is -2.08. The van der Waals surface area contributed by atoms with Crippen LogP contribution in [0.3, 0.4) is 0 Å². The lowest BCUT2D eigenvalue weighted by molar-refractivity contribution is 0.144. The van der Waals surface area contributed by atoms with Crippen LogP contribution in [0.15, 0.2) is 12.4 Å². The summed E-state index contributed by atoms with van der Waals surface area (Å²) in [5.41, 5.74) is 0.553. The van der Waals surface area contributed by atoms with E-state index in [4.69, 9.17) is 0 Å². The molecule has 1 rings (SSSR count). The molecule has 0 aliphatic carbocycles. The van der Waals surface area contributed by atoms with Crippen molar-refractivity contribution in [3.8, 4) is 0 Å². The number of nitrogens with zero attached hydrogens (tertiary/aromatic N) is 2. The number of rotatable bonds is 3. The predicted octanol–water partition coefficient (Wildman–Crippen LogP) is -0.271. The molecule has 0 saturated carbocycles. The Hall–Kier alpha value is -1.20. The van der Waals surface area contributed by atoms with Crippen molar-refractivity contribution in [2.24, 2.45) is 0 Å². The normalized spacial score (nSPS) is 12.6. The van der Waals surface area contributed by atoms with Gasteiger partial charge in [-0.25, -0.2) is 9.97 Å². The van der Waals surface area contributed by atoms with Crippen LogP contribution in [0.2, 0.25) is 0 Å². The van der Waals surface area contributed by atoms with Gasteiger partial charge < -0.3 is 10.4 Å². The number of nitrogens with one attached hydrogen (secondary N) is 2. The quantitative estimate of drug-likeness (QED) is 0.542. The largest absolute Gasteiger partial charge is 0.373 e. The third-order valence-electron chi connectivity index (χ3n) is 1.50. The third-order valence-corrected chi connectivity index (χ3v) is 1.50. The molecular formula is C7H12N4O. The Morgan fingerprint density at radius 2 is 2.17 bits per heavy atom. The number of hydrogen-bond acceptors (Lipinski definition) is 5. The molecule has 0 aliphatic rings. The monoisotopic (exact) mass is 168 g/mol. The maximum absolute atomic E-state index is 9.32. The Labute approximate surface area is 70.9 Å². The zero-order chi connectivity index (χ0) is 8.97. The van der Waals surface area contributed by atoms with Gasteiger partial charge in [-0.1, -0.05) is 0 Å². The lowest BCUT2D eigenvalue weighted by atomic mass is 10.3. The van der Waals surface area contributed by atoms with Crippen molar-refractivity contribution in [2.45, 2.75) is 6.23 Å². The molecule has 0 bridgehead atoms. The average molecular weight is 168 g/mol. The highest BCUT2D eigenvalue weighted by molar-refractivity contribution is 5.34. The molecular weight excluding hydrogens is 156 g/mol. The van der Waals surface area contributed by atoms with Crippen LogP contribution in [-0.4, -0.2) is 29.2 Å². The van der Waals surface area contributed by atoms with Crippen molar-refractivity contribution in [1.82, 2.24) is 15.3 Å². The summed E-state index contributed by atoms with van der Waals surface area (Å²) in [6.07, 6.45) is 0.668. The zero-order valence-corrected chi connectivity index (χ0v) is 7.07. The van der Waals surface area contributed by atoms with Gasteiger partial charge in [-0.15, -0.1) is 0 Å². The molecule has 1 unspecified atom stereocenters. The second kappa shape index (κ2) is 3.99. The number of anilines is 1. The van der Waals surface area contributed by atoms with E-state index in [0.717, 1.165) is 0 Å². The van der Waals surface area contributed by atoms with E-state index < -0.39 is 6.23 Å². The van der Waals surface area contributed by atoms with Gasteiger partial charge in [-0.3, -0.25) is 5.32 Å². The minimum atomic E-state index is -0.736. The first kappa shape index (κ1) is 8.89. The van der Waals surface area contributed by atoms with Gasteiger partial charge in [0, 0.05) is 13.1 Å². The van der Waals surface area contributed by atoms with Gasteiger partial charge in [-0.05, 0) is 7.05 Å². The molecule has 0 aliphatic heterocycles. The molecule has 1 heterocycles. The maximum Gasteiger partial charge on any atom is 0.148 e. The first-order chi connectivity index (χ1) is 5.77. The molecule has 0 amide bonds. The second-order valence-electron chi connectivity index (χ2n) is 2.27. The minimum absolute atomic E-state index is 0.553. The highest BCUT2D eigenvalue weighted by Crippen LogP contribution is 2.08. The summed E-state index contributed by atoms with van der Waals surface area (Å²) in [6.45, 7) is 0. The SMILES string of the molecule is CNc1cc(C(O)NC)ncn1. The number of aromatic nitrogens is 2. The van der Waals surface area contributed by atoms with Gasteiger partial charge in [0.25, 0.3) is 0 Å². The van der Waals surface area contributed by atoms with E-state index in [-0.39, 0.29) is 0 Å². The Balaban J connectivity index is 2.86. The summed E-state index contributed by atoms with van der Waals surface area (Å²) in [5.74, 6) is 0.689. The van der Waals surface area contributed by atoms with Crippen LogP contribution in [0.5, 0.6) is 0 Å². The smallest absolute Gasteiger partial charge is 0.148 e. The van der Waals surface area contributed by atoms with Crippen LogP contribution in [0.4, 0.5) is 5.82 Å². The zero-order valence-electron chi connectivity index (χ0n) is 7.07. The van der Waals surface area contributed by atoms with E-state index in [9.17, 15) is 5.11 Å². The van der Waals surface area contributed by atoms with Gasteiger partial charge in [0.15, 0.2) is 0 Å². The third kappa shape index (κ3) is 1.90. The van der Waals surface area contributed by atoms with Gasteiger partial charge in [-0.2, -0.15) is 0 Å². The number of hydrogen-bond donors (Lipinski definition) is 3. The maximum atomic E-state index is 9.32. The summed E-state index contributed by atoms with van der Waals surface area (Å²) in [7, 11) is 3.42. The lowest BCUT2D eigenvalue weighted by Crippen LogP contribution is -2.16. The van der Waals surface area contributed by atoms with E-state index >= 15 is 0 Å². The van der Waals surface area contributed by atoms with Gasteiger partial charge >= 0.3 is 0 Å². The molecule has 5 nitrogen and oxygen atoms in total. The minimum Gasteiger partial charge on any atom is -0.373 e. The molecule has 0 saturated heterocycles. The molecule has 5 heteroatoms. The van der Waals surface area contributed by atoms with Crippen molar-refractivity contribution < 1.29 is 5.11 Å². The molecule has 12 heavy (non-hydrogen) atoms. The van der Waals surface area contributed by atoms with Gasteiger partial charge in [0.2, 0.25) is 0 Å². The van der Waals surface area contributed by atoms with E-state index in [1.54, 1.807) is 20.2 Å². The van der Waals surface area contributed by atoms with Crippen LogP contribution < -0.4 is 10.6 Å². The second-order valence-corrected chi connectivity index (χ2v) is 2.27. The summed E-state index contributed by atoms with van der Waals surface area (Å²) < 4.78 is 0. The van der Waals surface area contributed by atoms with Crippen LogP contribution in [0.25, 0.3) is 0 Å². The van der Waals surface area contributed by atoms with E-state index in [0.29, 0.717) is 11.5 Å². The van der Waals surface area contributed by atoms with Crippen LogP contribution in [-0.2, 0) is 0 Å². The van der Waals surface area contributed by atoms with Crippen LogP contribution >= 0.6 is 0 Å². The average Bonchev–Trinajstić information content (AvgIpc) is 2.17. The Morgan fingerprint density at radius 3 is 2.75 bits per heavy atom. The fourth-order valence-corrected chi connectivity index (χ4v) is 0.806. The standard InChI is InChI=1S/C7H12N4O/c1-8-6-3-5(7(12)9-2)10-4-11-6/h3-4,7,9,12H,1-2H3,(H,8,10,11). The van der Waals surface area contributed by atoms with E-state index in [1.807, 2.05) is 0 Å². The summed E-state index contributed by atoms with van der Waals surface area (Å²) in [4.78, 5) is 7.81.